The van der Waals surface area contributed by atoms with E-state index in [0.717, 1.165) is 19.3 Å². The smallest absolute Gasteiger partial charge is 0.243 e. The Labute approximate surface area is 120 Å². The van der Waals surface area contributed by atoms with Crippen LogP contribution in [0, 0.1) is 5.92 Å². The lowest BCUT2D eigenvalue weighted by atomic mass is 10.0. The Balaban J connectivity index is 2.23. The second-order valence-corrected chi connectivity index (χ2v) is 7.46. The van der Waals surface area contributed by atoms with E-state index in [9.17, 15) is 13.2 Å². The average molecular weight is 295 g/mol. The molecule has 1 aliphatic rings. The maximum atomic E-state index is 12.6. The third-order valence-corrected chi connectivity index (χ3v) is 5.79. The zero-order chi connectivity index (χ0) is 14.8. The van der Waals surface area contributed by atoms with Crippen molar-refractivity contribution < 1.29 is 13.2 Å². The molecular formula is C15H21NO3S. The fraction of sp³-hybridized carbons (Fsp3) is 0.533. The number of carbonyl (C=O) groups excluding carboxylic acids is 1. The largest absolute Gasteiger partial charge is 0.295 e. The van der Waals surface area contributed by atoms with Gasteiger partial charge in [0.2, 0.25) is 10.0 Å². The molecule has 1 aliphatic heterocycles. The van der Waals surface area contributed by atoms with Crippen molar-refractivity contribution in [3.8, 4) is 0 Å². The molecule has 5 heteroatoms. The number of rotatable bonds is 3. The maximum Gasteiger partial charge on any atom is 0.243 e. The van der Waals surface area contributed by atoms with Crippen LogP contribution in [-0.2, 0) is 10.0 Å². The van der Waals surface area contributed by atoms with Gasteiger partial charge in [0.05, 0.1) is 4.90 Å². The average Bonchev–Trinajstić information content (AvgIpc) is 2.64. The number of nitrogens with zero attached hydrogens (tertiary/aromatic N) is 1. The summed E-state index contributed by atoms with van der Waals surface area (Å²) in [4.78, 5) is 11.5. The number of Topliss-reactive ketones (excluding diaryl/α,β-unsaturated/α-hetero) is 1. The minimum Gasteiger partial charge on any atom is -0.295 e. The van der Waals surface area contributed by atoms with Gasteiger partial charge in [0.15, 0.2) is 5.78 Å². The molecule has 1 saturated heterocycles. The highest BCUT2D eigenvalue weighted by Gasteiger charge is 2.26. The molecule has 0 aromatic heterocycles. The molecule has 1 aromatic rings. The molecule has 1 fully saturated rings. The summed E-state index contributed by atoms with van der Waals surface area (Å²) in [6.07, 6.45) is 2.89. The second-order valence-electron chi connectivity index (χ2n) is 5.52. The van der Waals surface area contributed by atoms with Crippen LogP contribution in [-0.4, -0.2) is 31.6 Å². The predicted molar refractivity (Wildman–Crippen MR) is 78.2 cm³/mol. The van der Waals surface area contributed by atoms with Crippen molar-refractivity contribution in [2.75, 3.05) is 13.1 Å². The summed E-state index contributed by atoms with van der Waals surface area (Å²) < 4.78 is 26.7. The van der Waals surface area contributed by atoms with Crippen LogP contribution in [0.15, 0.2) is 29.2 Å². The molecule has 0 spiro atoms. The van der Waals surface area contributed by atoms with Crippen molar-refractivity contribution in [3.05, 3.63) is 29.8 Å². The van der Waals surface area contributed by atoms with Crippen LogP contribution < -0.4 is 0 Å². The molecule has 0 N–H and O–H groups in total. The number of sulfonamides is 1. The third-order valence-electron chi connectivity index (χ3n) is 3.87. The van der Waals surface area contributed by atoms with Crippen LogP contribution in [0.1, 0.15) is 43.5 Å². The van der Waals surface area contributed by atoms with Crippen molar-refractivity contribution in [2.45, 2.75) is 38.0 Å². The molecule has 0 saturated carbocycles. The van der Waals surface area contributed by atoms with E-state index in [1.807, 2.05) is 0 Å². The van der Waals surface area contributed by atoms with Gasteiger partial charge in [0.25, 0.3) is 0 Å². The van der Waals surface area contributed by atoms with Crippen molar-refractivity contribution >= 4 is 15.8 Å². The van der Waals surface area contributed by atoms with E-state index in [1.54, 1.807) is 16.4 Å². The Morgan fingerprint density at radius 1 is 1.15 bits per heavy atom. The van der Waals surface area contributed by atoms with Gasteiger partial charge in [-0.05, 0) is 44.2 Å². The van der Waals surface area contributed by atoms with E-state index >= 15 is 0 Å². The Hall–Kier alpha value is -1.20. The summed E-state index contributed by atoms with van der Waals surface area (Å²) in [5.74, 6) is 0.521. The SMILES string of the molecule is CC(=O)c1ccc(S(=O)(=O)N2CCCC(C)CC2)cc1. The van der Waals surface area contributed by atoms with Crippen LogP contribution in [0.25, 0.3) is 0 Å². The number of ketones is 1. The summed E-state index contributed by atoms with van der Waals surface area (Å²) in [6.45, 7) is 4.80. The molecule has 1 atom stereocenters. The molecule has 1 aromatic carbocycles. The first kappa shape index (κ1) is 15.2. The van der Waals surface area contributed by atoms with Gasteiger partial charge in [-0.3, -0.25) is 4.79 Å². The summed E-state index contributed by atoms with van der Waals surface area (Å²) in [5, 5.41) is 0. The minimum atomic E-state index is -3.43. The van der Waals surface area contributed by atoms with E-state index in [-0.39, 0.29) is 10.7 Å². The van der Waals surface area contributed by atoms with Gasteiger partial charge in [-0.15, -0.1) is 0 Å². The fourth-order valence-electron chi connectivity index (χ4n) is 2.49. The minimum absolute atomic E-state index is 0.0578. The Morgan fingerprint density at radius 2 is 1.80 bits per heavy atom. The maximum absolute atomic E-state index is 12.6. The van der Waals surface area contributed by atoms with Crippen molar-refractivity contribution in [3.63, 3.8) is 0 Å². The van der Waals surface area contributed by atoms with E-state index < -0.39 is 10.0 Å². The predicted octanol–water partition coefficient (Wildman–Crippen LogP) is 2.70. The van der Waals surface area contributed by atoms with Gasteiger partial charge in [-0.1, -0.05) is 19.1 Å². The van der Waals surface area contributed by atoms with Crippen LogP contribution in [0.2, 0.25) is 0 Å². The zero-order valence-corrected chi connectivity index (χ0v) is 12.8. The second kappa shape index (κ2) is 6.06. The van der Waals surface area contributed by atoms with E-state index in [1.165, 1.54) is 19.1 Å². The third kappa shape index (κ3) is 3.27. The molecule has 110 valence electrons. The Kier molecular flexibility index (Phi) is 4.60. The van der Waals surface area contributed by atoms with E-state index in [4.69, 9.17) is 0 Å². The van der Waals surface area contributed by atoms with Gasteiger partial charge >= 0.3 is 0 Å². The lowest BCUT2D eigenvalue weighted by molar-refractivity contribution is 0.101. The lowest BCUT2D eigenvalue weighted by Gasteiger charge is -2.20. The van der Waals surface area contributed by atoms with Crippen LogP contribution in [0.3, 0.4) is 0 Å². The van der Waals surface area contributed by atoms with Crippen LogP contribution in [0.4, 0.5) is 0 Å². The first-order chi connectivity index (χ1) is 9.41. The molecular weight excluding hydrogens is 274 g/mol. The molecule has 0 radical (unpaired) electrons. The molecule has 0 bridgehead atoms. The summed E-state index contributed by atoms with van der Waals surface area (Å²) in [5.41, 5.74) is 0.536. The number of hydrogen-bond acceptors (Lipinski definition) is 3. The van der Waals surface area contributed by atoms with Gasteiger partial charge in [0, 0.05) is 18.7 Å². The first-order valence-electron chi connectivity index (χ1n) is 7.02. The molecule has 1 heterocycles. The topological polar surface area (TPSA) is 54.5 Å². The molecule has 2 rings (SSSR count). The van der Waals surface area contributed by atoms with Crippen molar-refractivity contribution in [1.29, 1.82) is 0 Å². The number of benzene rings is 1. The molecule has 4 nitrogen and oxygen atoms in total. The highest BCUT2D eigenvalue weighted by Crippen LogP contribution is 2.23. The van der Waals surface area contributed by atoms with Crippen LogP contribution >= 0.6 is 0 Å². The standard InChI is InChI=1S/C15H21NO3S/c1-12-4-3-10-16(11-9-12)20(18,19)15-7-5-14(6-8-15)13(2)17/h5-8,12H,3-4,9-11H2,1-2H3. The Bertz CT molecular complexity index is 578. The van der Waals surface area contributed by atoms with Crippen molar-refractivity contribution in [2.24, 2.45) is 5.92 Å². The Morgan fingerprint density at radius 3 is 2.40 bits per heavy atom. The quantitative estimate of drug-likeness (QED) is 0.806. The highest BCUT2D eigenvalue weighted by atomic mass is 32.2. The van der Waals surface area contributed by atoms with E-state index in [0.29, 0.717) is 24.6 Å². The fourth-order valence-corrected chi connectivity index (χ4v) is 3.98. The summed E-state index contributed by atoms with van der Waals surface area (Å²) >= 11 is 0. The number of carbonyl (C=O) groups is 1. The highest BCUT2D eigenvalue weighted by molar-refractivity contribution is 7.89. The molecule has 1 unspecified atom stereocenters. The molecule has 0 aliphatic carbocycles. The van der Waals surface area contributed by atoms with Crippen LogP contribution in [0.5, 0.6) is 0 Å². The van der Waals surface area contributed by atoms with Crippen molar-refractivity contribution in [1.82, 2.24) is 4.31 Å². The lowest BCUT2D eigenvalue weighted by Crippen LogP contribution is -2.32. The molecule has 20 heavy (non-hydrogen) atoms. The summed E-state index contributed by atoms with van der Waals surface area (Å²) in [7, 11) is -3.43. The van der Waals surface area contributed by atoms with E-state index in [2.05, 4.69) is 6.92 Å². The van der Waals surface area contributed by atoms with Gasteiger partial charge in [-0.2, -0.15) is 4.31 Å². The van der Waals surface area contributed by atoms with Gasteiger partial charge in [-0.25, -0.2) is 8.42 Å². The zero-order valence-electron chi connectivity index (χ0n) is 12.0. The van der Waals surface area contributed by atoms with Gasteiger partial charge in [0.1, 0.15) is 0 Å². The monoisotopic (exact) mass is 295 g/mol. The first-order valence-corrected chi connectivity index (χ1v) is 8.46. The molecule has 0 amide bonds. The van der Waals surface area contributed by atoms with Gasteiger partial charge < -0.3 is 0 Å². The summed E-state index contributed by atoms with van der Waals surface area (Å²) in [6, 6.07) is 6.21. The normalized spacial score (nSPS) is 21.4. The number of hydrogen-bond donors (Lipinski definition) is 0.